The Morgan fingerprint density at radius 1 is 1.16 bits per heavy atom. The number of carbonyl (C=O) groups excluding carboxylic acids is 1. The summed E-state index contributed by atoms with van der Waals surface area (Å²) in [6.45, 7) is 5.67. The fraction of sp³-hybridized carbons (Fsp3) is 0.529. The van der Waals surface area contributed by atoms with Crippen LogP contribution in [0, 0.1) is 0 Å². The molecule has 1 aliphatic rings. The van der Waals surface area contributed by atoms with Gasteiger partial charge in [-0.05, 0) is 24.6 Å². The van der Waals surface area contributed by atoms with Gasteiger partial charge in [0, 0.05) is 39.8 Å². The summed E-state index contributed by atoms with van der Waals surface area (Å²) < 4.78 is 10.2. The summed E-state index contributed by atoms with van der Waals surface area (Å²) in [5.41, 5.74) is 1.15. The number of hydrogen-bond acceptors (Lipinski definition) is 4. The highest BCUT2D eigenvalue weighted by atomic mass is 127. The van der Waals surface area contributed by atoms with Gasteiger partial charge in [-0.3, -0.25) is 4.99 Å². The standard InChI is InChI=1S/C17H26N4O3.HI/c1-4-24-17(22)21-11-9-20(10-12-21)16(18-2)19-13-14-5-7-15(23-3)8-6-14;/h5-8H,4,9-13H2,1-3H3,(H,18,19);1H. The van der Waals surface area contributed by atoms with Gasteiger partial charge in [0.05, 0.1) is 13.7 Å². The molecule has 0 radical (unpaired) electrons. The second-order valence-corrected chi connectivity index (χ2v) is 5.42. The van der Waals surface area contributed by atoms with Crippen molar-refractivity contribution in [3.63, 3.8) is 0 Å². The van der Waals surface area contributed by atoms with Crippen molar-refractivity contribution in [3.8, 4) is 5.75 Å². The van der Waals surface area contributed by atoms with E-state index < -0.39 is 0 Å². The lowest BCUT2D eigenvalue weighted by Gasteiger charge is -2.35. The number of ether oxygens (including phenoxy) is 2. The fourth-order valence-corrected chi connectivity index (χ4v) is 2.57. The molecule has 0 aromatic heterocycles. The van der Waals surface area contributed by atoms with Gasteiger partial charge in [-0.2, -0.15) is 0 Å². The van der Waals surface area contributed by atoms with Gasteiger partial charge in [0.2, 0.25) is 0 Å². The molecule has 2 rings (SSSR count). The lowest BCUT2D eigenvalue weighted by molar-refractivity contribution is 0.0914. The number of aliphatic imine (C=N–C) groups is 1. The van der Waals surface area contributed by atoms with Crippen LogP contribution in [0.3, 0.4) is 0 Å². The number of hydrogen-bond donors (Lipinski definition) is 1. The highest BCUT2D eigenvalue weighted by molar-refractivity contribution is 14.0. The normalized spacial score (nSPS) is 14.6. The largest absolute Gasteiger partial charge is 0.497 e. The molecule has 1 fully saturated rings. The second-order valence-electron chi connectivity index (χ2n) is 5.42. The molecule has 1 saturated heterocycles. The van der Waals surface area contributed by atoms with Gasteiger partial charge >= 0.3 is 6.09 Å². The van der Waals surface area contributed by atoms with E-state index in [2.05, 4.69) is 15.2 Å². The van der Waals surface area contributed by atoms with Crippen LogP contribution < -0.4 is 10.1 Å². The zero-order valence-electron chi connectivity index (χ0n) is 15.0. The third kappa shape index (κ3) is 6.26. The lowest BCUT2D eigenvalue weighted by Crippen LogP contribution is -2.53. The summed E-state index contributed by atoms with van der Waals surface area (Å²) in [7, 11) is 3.43. The van der Waals surface area contributed by atoms with E-state index in [1.165, 1.54) is 0 Å². The van der Waals surface area contributed by atoms with Crippen LogP contribution in [0.1, 0.15) is 12.5 Å². The minimum Gasteiger partial charge on any atom is -0.497 e. The van der Waals surface area contributed by atoms with E-state index in [1.54, 1.807) is 19.1 Å². The highest BCUT2D eigenvalue weighted by Gasteiger charge is 2.23. The molecule has 1 aliphatic heterocycles. The number of carbonyl (C=O) groups is 1. The van der Waals surface area contributed by atoms with Crippen LogP contribution in [0.15, 0.2) is 29.3 Å². The lowest BCUT2D eigenvalue weighted by atomic mass is 10.2. The quantitative estimate of drug-likeness (QED) is 0.422. The Labute approximate surface area is 166 Å². The summed E-state index contributed by atoms with van der Waals surface area (Å²) in [6.07, 6.45) is -0.238. The van der Waals surface area contributed by atoms with Crippen LogP contribution in [0.2, 0.25) is 0 Å². The van der Waals surface area contributed by atoms with E-state index >= 15 is 0 Å². The summed E-state index contributed by atoms with van der Waals surface area (Å²) >= 11 is 0. The monoisotopic (exact) mass is 462 g/mol. The van der Waals surface area contributed by atoms with Gasteiger partial charge in [0.15, 0.2) is 5.96 Å². The van der Waals surface area contributed by atoms with Gasteiger partial charge in [-0.25, -0.2) is 4.79 Å². The Morgan fingerprint density at radius 2 is 1.76 bits per heavy atom. The average molecular weight is 462 g/mol. The molecule has 0 unspecified atom stereocenters. The van der Waals surface area contributed by atoms with Crippen LogP contribution >= 0.6 is 24.0 Å². The SMILES string of the molecule is CCOC(=O)N1CCN(C(=NC)NCc2ccc(OC)cc2)CC1.I. The number of halogens is 1. The zero-order chi connectivity index (χ0) is 17.4. The number of nitrogens with one attached hydrogen (secondary N) is 1. The number of rotatable bonds is 4. The third-order valence-corrected chi connectivity index (χ3v) is 3.93. The fourth-order valence-electron chi connectivity index (χ4n) is 2.57. The van der Waals surface area contributed by atoms with E-state index in [0.29, 0.717) is 26.2 Å². The van der Waals surface area contributed by atoms with Crippen molar-refractivity contribution in [2.75, 3.05) is 46.9 Å². The number of nitrogens with zero attached hydrogens (tertiary/aromatic N) is 3. The predicted molar refractivity (Wildman–Crippen MR) is 109 cm³/mol. The molecule has 7 nitrogen and oxygen atoms in total. The van der Waals surface area contributed by atoms with Crippen LogP contribution in [0.25, 0.3) is 0 Å². The first kappa shape index (κ1) is 21.3. The van der Waals surface area contributed by atoms with Crippen molar-refractivity contribution in [2.45, 2.75) is 13.5 Å². The van der Waals surface area contributed by atoms with Gasteiger partial charge in [0.1, 0.15) is 5.75 Å². The topological polar surface area (TPSA) is 66.4 Å². The second kappa shape index (κ2) is 11.0. The van der Waals surface area contributed by atoms with Gasteiger partial charge in [-0.15, -0.1) is 24.0 Å². The molecule has 1 N–H and O–H groups in total. The van der Waals surface area contributed by atoms with Crippen LogP contribution in [-0.4, -0.2) is 68.8 Å². The van der Waals surface area contributed by atoms with Crippen molar-refractivity contribution in [1.29, 1.82) is 0 Å². The Kier molecular flexibility index (Phi) is 9.40. The molecule has 1 heterocycles. The van der Waals surface area contributed by atoms with Crippen LogP contribution in [-0.2, 0) is 11.3 Å². The summed E-state index contributed by atoms with van der Waals surface area (Å²) in [6, 6.07) is 7.94. The first-order valence-corrected chi connectivity index (χ1v) is 8.18. The minimum absolute atomic E-state index is 0. The van der Waals surface area contributed by atoms with Gasteiger partial charge < -0.3 is 24.6 Å². The maximum Gasteiger partial charge on any atom is 0.409 e. The van der Waals surface area contributed by atoms with Crippen molar-refractivity contribution in [2.24, 2.45) is 4.99 Å². The number of piperazine rings is 1. The molecule has 0 saturated carbocycles. The maximum atomic E-state index is 11.7. The molecule has 0 atom stereocenters. The number of amides is 1. The molecular formula is C17H27IN4O3. The predicted octanol–water partition coefficient (Wildman–Crippen LogP) is 2.16. The van der Waals surface area contributed by atoms with E-state index in [9.17, 15) is 4.79 Å². The zero-order valence-corrected chi connectivity index (χ0v) is 17.4. The van der Waals surface area contributed by atoms with Crippen LogP contribution in [0.4, 0.5) is 4.79 Å². The number of guanidine groups is 1. The first-order valence-electron chi connectivity index (χ1n) is 8.18. The number of benzene rings is 1. The average Bonchev–Trinajstić information content (AvgIpc) is 2.63. The molecule has 1 amide bonds. The Morgan fingerprint density at radius 3 is 2.28 bits per heavy atom. The first-order chi connectivity index (χ1) is 11.7. The Hall–Kier alpha value is -1.71. The Balaban J connectivity index is 0.00000312. The van der Waals surface area contributed by atoms with E-state index in [1.807, 2.05) is 31.2 Å². The Bertz CT molecular complexity index is 558. The van der Waals surface area contributed by atoms with E-state index in [-0.39, 0.29) is 30.1 Å². The van der Waals surface area contributed by atoms with E-state index in [0.717, 1.165) is 30.4 Å². The summed E-state index contributed by atoms with van der Waals surface area (Å²) in [5.74, 6) is 1.69. The van der Waals surface area contributed by atoms with Crippen LogP contribution in [0.5, 0.6) is 5.75 Å². The maximum absolute atomic E-state index is 11.7. The van der Waals surface area contributed by atoms with Crippen molar-refractivity contribution >= 4 is 36.0 Å². The number of methoxy groups -OCH3 is 1. The minimum atomic E-state index is -0.238. The highest BCUT2D eigenvalue weighted by Crippen LogP contribution is 2.11. The summed E-state index contributed by atoms with van der Waals surface area (Å²) in [5, 5.41) is 3.36. The molecule has 1 aromatic rings. The smallest absolute Gasteiger partial charge is 0.409 e. The molecule has 0 bridgehead atoms. The third-order valence-electron chi connectivity index (χ3n) is 3.93. The molecule has 1 aromatic carbocycles. The molecule has 140 valence electrons. The van der Waals surface area contributed by atoms with Crippen molar-refractivity contribution in [3.05, 3.63) is 29.8 Å². The van der Waals surface area contributed by atoms with Gasteiger partial charge in [-0.1, -0.05) is 12.1 Å². The molecule has 0 aliphatic carbocycles. The molecular weight excluding hydrogens is 435 g/mol. The molecule has 0 spiro atoms. The molecule has 8 heteroatoms. The van der Waals surface area contributed by atoms with Crippen molar-refractivity contribution < 1.29 is 14.3 Å². The molecule has 25 heavy (non-hydrogen) atoms. The van der Waals surface area contributed by atoms with E-state index in [4.69, 9.17) is 9.47 Å². The van der Waals surface area contributed by atoms with Crippen molar-refractivity contribution in [1.82, 2.24) is 15.1 Å². The van der Waals surface area contributed by atoms with Gasteiger partial charge in [0.25, 0.3) is 0 Å². The summed E-state index contributed by atoms with van der Waals surface area (Å²) in [4.78, 5) is 20.0.